The molecule has 1 aliphatic heterocycles. The van der Waals surface area contributed by atoms with Crippen molar-refractivity contribution in [2.75, 3.05) is 11.5 Å². The summed E-state index contributed by atoms with van der Waals surface area (Å²) in [6.07, 6.45) is 1.07. The Balaban J connectivity index is 2.00. The van der Waals surface area contributed by atoms with Gasteiger partial charge in [0.05, 0.1) is 11.5 Å². The van der Waals surface area contributed by atoms with E-state index in [0.29, 0.717) is 18.4 Å². The molecule has 2 rings (SSSR count). The molecule has 3 nitrogen and oxygen atoms in total. The molecule has 0 spiro atoms. The molecule has 106 valence electrons. The van der Waals surface area contributed by atoms with Gasteiger partial charge in [0, 0.05) is 23.7 Å². The van der Waals surface area contributed by atoms with Gasteiger partial charge in [-0.25, -0.2) is 17.2 Å². The number of hydrogen-bond acceptors (Lipinski definition) is 3. The maximum atomic E-state index is 13.6. The van der Waals surface area contributed by atoms with Gasteiger partial charge in [0.1, 0.15) is 21.5 Å². The topological polar surface area (TPSA) is 46.2 Å². The maximum Gasteiger partial charge on any atom is 0.150 e. The van der Waals surface area contributed by atoms with Crippen LogP contribution in [-0.4, -0.2) is 26.0 Å². The predicted octanol–water partition coefficient (Wildman–Crippen LogP) is 2.19. The molecule has 1 atom stereocenters. The van der Waals surface area contributed by atoms with E-state index in [4.69, 9.17) is 0 Å². The van der Waals surface area contributed by atoms with Gasteiger partial charge in [-0.15, -0.1) is 0 Å². The smallest absolute Gasteiger partial charge is 0.150 e. The summed E-state index contributed by atoms with van der Waals surface area (Å²) in [6, 6.07) is 3.29. The summed E-state index contributed by atoms with van der Waals surface area (Å²) in [5, 5.41) is 3.21. The Hall–Kier alpha value is -1.01. The van der Waals surface area contributed by atoms with Crippen LogP contribution in [0.3, 0.4) is 0 Å². The fraction of sp³-hybridized carbons (Fsp3) is 0.538. The molecule has 0 aromatic heterocycles. The van der Waals surface area contributed by atoms with Gasteiger partial charge in [-0.2, -0.15) is 0 Å². The van der Waals surface area contributed by atoms with E-state index >= 15 is 0 Å². The zero-order chi connectivity index (χ0) is 14.0. The molecule has 1 aromatic rings. The van der Waals surface area contributed by atoms with E-state index in [2.05, 4.69) is 5.32 Å². The third kappa shape index (κ3) is 3.73. The van der Waals surface area contributed by atoms with Gasteiger partial charge in [-0.05, 0) is 25.8 Å². The highest BCUT2D eigenvalue weighted by Crippen LogP contribution is 2.21. The molecule has 1 unspecified atom stereocenters. The molecule has 0 saturated carbocycles. The first-order valence-corrected chi connectivity index (χ1v) is 8.11. The molecule has 1 N–H and O–H groups in total. The lowest BCUT2D eigenvalue weighted by Crippen LogP contribution is -2.39. The molecule has 0 aliphatic carbocycles. The Bertz CT molecular complexity index is 546. The van der Waals surface area contributed by atoms with Gasteiger partial charge in [-0.1, -0.05) is 6.07 Å². The molecule has 0 amide bonds. The lowest BCUT2D eigenvalue weighted by atomic mass is 10.0. The first-order valence-electron chi connectivity index (χ1n) is 6.29. The van der Waals surface area contributed by atoms with Crippen LogP contribution >= 0.6 is 0 Å². The molecule has 1 saturated heterocycles. The van der Waals surface area contributed by atoms with Crippen molar-refractivity contribution in [1.82, 2.24) is 5.32 Å². The second kappa shape index (κ2) is 5.54. The van der Waals surface area contributed by atoms with Crippen LogP contribution in [0.25, 0.3) is 0 Å². The van der Waals surface area contributed by atoms with Crippen LogP contribution in [0.15, 0.2) is 18.2 Å². The third-order valence-corrected chi connectivity index (χ3v) is 5.18. The lowest BCUT2D eigenvalue weighted by Gasteiger charge is -2.27. The van der Waals surface area contributed by atoms with Gasteiger partial charge in [-0.3, -0.25) is 0 Å². The zero-order valence-corrected chi connectivity index (χ0v) is 11.5. The molecule has 0 radical (unpaired) electrons. The summed E-state index contributed by atoms with van der Waals surface area (Å²) in [7, 11) is -2.89. The van der Waals surface area contributed by atoms with E-state index < -0.39 is 21.5 Å². The molecule has 1 aliphatic rings. The van der Waals surface area contributed by atoms with Crippen molar-refractivity contribution in [2.24, 2.45) is 0 Å². The summed E-state index contributed by atoms with van der Waals surface area (Å²) < 4.78 is 49.1. The fourth-order valence-corrected chi connectivity index (χ4v) is 3.84. The van der Waals surface area contributed by atoms with Crippen LogP contribution in [0, 0.1) is 11.6 Å². The quantitative estimate of drug-likeness (QED) is 0.928. The van der Waals surface area contributed by atoms with E-state index in [1.165, 1.54) is 12.1 Å². The summed E-state index contributed by atoms with van der Waals surface area (Å²) in [4.78, 5) is 0. The second-order valence-corrected chi connectivity index (χ2v) is 7.28. The van der Waals surface area contributed by atoms with E-state index in [0.717, 1.165) is 6.07 Å². The highest BCUT2D eigenvalue weighted by molar-refractivity contribution is 7.91. The van der Waals surface area contributed by atoms with Crippen molar-refractivity contribution in [2.45, 2.75) is 31.8 Å². The SMILES string of the molecule is CC(NC1CCS(=O)(=O)CC1)c1ccc(F)cc1F. The van der Waals surface area contributed by atoms with Crippen LogP contribution in [0.5, 0.6) is 0 Å². The Morgan fingerprint density at radius 3 is 2.47 bits per heavy atom. The second-order valence-electron chi connectivity index (χ2n) is 4.98. The first kappa shape index (κ1) is 14.4. The molecule has 19 heavy (non-hydrogen) atoms. The van der Waals surface area contributed by atoms with Gasteiger partial charge >= 0.3 is 0 Å². The number of sulfone groups is 1. The summed E-state index contributed by atoms with van der Waals surface area (Å²) in [5.41, 5.74) is 0.398. The molecule has 1 aromatic carbocycles. The zero-order valence-electron chi connectivity index (χ0n) is 10.7. The average Bonchev–Trinajstić information content (AvgIpc) is 2.31. The van der Waals surface area contributed by atoms with Crippen LogP contribution in [0.4, 0.5) is 8.78 Å². The van der Waals surface area contributed by atoms with E-state index in [9.17, 15) is 17.2 Å². The highest BCUT2D eigenvalue weighted by Gasteiger charge is 2.25. The first-order chi connectivity index (χ1) is 8.87. The molecule has 1 fully saturated rings. The number of rotatable bonds is 3. The molecule has 0 bridgehead atoms. The van der Waals surface area contributed by atoms with Gasteiger partial charge < -0.3 is 5.32 Å². The monoisotopic (exact) mass is 289 g/mol. The van der Waals surface area contributed by atoms with Crippen molar-refractivity contribution in [3.8, 4) is 0 Å². The normalized spacial score (nSPS) is 21.2. The number of halogens is 2. The van der Waals surface area contributed by atoms with Gasteiger partial charge in [0.25, 0.3) is 0 Å². The fourth-order valence-electron chi connectivity index (χ4n) is 2.35. The summed E-state index contributed by atoms with van der Waals surface area (Å²) in [6.45, 7) is 1.79. The minimum absolute atomic E-state index is 0.0583. The van der Waals surface area contributed by atoms with E-state index in [-0.39, 0.29) is 23.6 Å². The number of hydrogen-bond donors (Lipinski definition) is 1. The summed E-state index contributed by atoms with van der Waals surface area (Å²) in [5.74, 6) is -0.840. The molecular weight excluding hydrogens is 272 g/mol. The maximum absolute atomic E-state index is 13.6. The highest BCUT2D eigenvalue weighted by atomic mass is 32.2. The van der Waals surface area contributed by atoms with E-state index in [1.807, 2.05) is 0 Å². The minimum Gasteiger partial charge on any atom is -0.307 e. The van der Waals surface area contributed by atoms with E-state index in [1.54, 1.807) is 6.92 Å². The van der Waals surface area contributed by atoms with Crippen LogP contribution in [0.1, 0.15) is 31.4 Å². The van der Waals surface area contributed by atoms with Crippen molar-refractivity contribution in [3.05, 3.63) is 35.4 Å². The van der Waals surface area contributed by atoms with Crippen molar-refractivity contribution < 1.29 is 17.2 Å². The van der Waals surface area contributed by atoms with Crippen LogP contribution < -0.4 is 5.32 Å². The van der Waals surface area contributed by atoms with Crippen LogP contribution in [0.2, 0.25) is 0 Å². The van der Waals surface area contributed by atoms with Crippen molar-refractivity contribution in [3.63, 3.8) is 0 Å². The number of benzene rings is 1. The van der Waals surface area contributed by atoms with Crippen LogP contribution in [-0.2, 0) is 9.84 Å². The largest absolute Gasteiger partial charge is 0.307 e. The Morgan fingerprint density at radius 2 is 1.89 bits per heavy atom. The number of nitrogens with one attached hydrogen (secondary N) is 1. The minimum atomic E-state index is -2.89. The Morgan fingerprint density at radius 1 is 1.26 bits per heavy atom. The van der Waals surface area contributed by atoms with Crippen molar-refractivity contribution in [1.29, 1.82) is 0 Å². The lowest BCUT2D eigenvalue weighted by molar-refractivity contribution is 0.410. The standard InChI is InChI=1S/C13H17F2NO2S/c1-9(12-3-2-10(14)8-13(12)15)16-11-4-6-19(17,18)7-5-11/h2-3,8-9,11,16H,4-7H2,1H3. The third-order valence-electron chi connectivity index (χ3n) is 3.47. The molecular formula is C13H17F2NO2S. The van der Waals surface area contributed by atoms with Crippen molar-refractivity contribution >= 4 is 9.84 Å². The van der Waals surface area contributed by atoms with Gasteiger partial charge in [0.2, 0.25) is 0 Å². The average molecular weight is 289 g/mol. The predicted molar refractivity (Wildman–Crippen MR) is 69.6 cm³/mol. The summed E-state index contributed by atoms with van der Waals surface area (Å²) >= 11 is 0. The Kier molecular flexibility index (Phi) is 4.20. The molecule has 6 heteroatoms. The van der Waals surface area contributed by atoms with Gasteiger partial charge in [0.15, 0.2) is 0 Å². The Labute approximate surface area is 111 Å². The molecule has 1 heterocycles.